The molecule has 0 aliphatic carbocycles. The average Bonchev–Trinajstić information content (AvgIpc) is 2.43. The monoisotopic (exact) mass is 297 g/mol. The summed E-state index contributed by atoms with van der Waals surface area (Å²) in [4.78, 5) is 2.43. The van der Waals surface area contributed by atoms with E-state index in [1.54, 1.807) is 13.1 Å². The number of likely N-dealkylation sites (N-methyl/N-ethyl adjacent to an activating group) is 2. The fraction of sp³-hybridized carbons (Fsp3) is 0.571. The molecule has 5 nitrogen and oxygen atoms in total. The number of hydrogen-bond acceptors (Lipinski definition) is 4. The Bertz CT molecular complexity index is 570. The van der Waals surface area contributed by atoms with Crippen LogP contribution in [0.2, 0.25) is 0 Å². The molecule has 6 heteroatoms. The zero-order valence-corrected chi connectivity index (χ0v) is 13.2. The number of sulfonamides is 1. The fourth-order valence-electron chi connectivity index (χ4n) is 2.35. The molecule has 0 fully saturated rings. The van der Waals surface area contributed by atoms with Gasteiger partial charge >= 0.3 is 0 Å². The molecule has 1 N–H and O–H groups in total. The number of nitrogens with zero attached hydrogens (tertiary/aromatic N) is 2. The first-order valence-electron chi connectivity index (χ1n) is 6.90. The molecular formula is C14H23N3O2S. The highest BCUT2D eigenvalue weighted by atomic mass is 32.2. The summed E-state index contributed by atoms with van der Waals surface area (Å²) in [5.41, 5.74) is 1.88. The Morgan fingerprint density at radius 1 is 1.20 bits per heavy atom. The van der Waals surface area contributed by atoms with E-state index in [9.17, 15) is 8.42 Å². The van der Waals surface area contributed by atoms with Crippen molar-refractivity contribution < 1.29 is 8.42 Å². The van der Waals surface area contributed by atoms with Crippen LogP contribution in [-0.4, -0.2) is 58.4 Å². The number of fused-ring (bicyclic) bond motifs is 1. The summed E-state index contributed by atoms with van der Waals surface area (Å²) >= 11 is 0. The van der Waals surface area contributed by atoms with Crippen LogP contribution in [0.4, 0.5) is 5.69 Å². The Labute approximate surface area is 121 Å². The first kappa shape index (κ1) is 15.3. The predicted octanol–water partition coefficient (Wildman–Crippen LogP) is 1.23. The molecule has 0 saturated heterocycles. The second-order valence-corrected chi connectivity index (χ2v) is 7.46. The lowest BCUT2D eigenvalue weighted by Gasteiger charge is -2.24. The molecule has 0 unspecified atom stereocenters. The molecule has 112 valence electrons. The number of benzene rings is 1. The minimum atomic E-state index is -3.41. The number of nitrogens with one attached hydrogen (secondary N) is 1. The SMILES string of the molecule is CN(C)CCN(C)S(=O)(=O)c1cccc2c1CCCN2. The molecule has 2 rings (SSSR count). The van der Waals surface area contributed by atoms with E-state index in [-0.39, 0.29) is 0 Å². The van der Waals surface area contributed by atoms with E-state index in [2.05, 4.69) is 5.32 Å². The Morgan fingerprint density at radius 2 is 1.95 bits per heavy atom. The zero-order valence-electron chi connectivity index (χ0n) is 12.4. The molecule has 20 heavy (non-hydrogen) atoms. The van der Waals surface area contributed by atoms with E-state index >= 15 is 0 Å². The van der Waals surface area contributed by atoms with Crippen molar-refractivity contribution in [3.05, 3.63) is 23.8 Å². The van der Waals surface area contributed by atoms with Gasteiger partial charge in [0.1, 0.15) is 0 Å². The first-order chi connectivity index (χ1) is 9.43. The number of hydrogen-bond donors (Lipinski definition) is 1. The molecular weight excluding hydrogens is 274 g/mol. The summed E-state index contributed by atoms with van der Waals surface area (Å²) in [5.74, 6) is 0. The summed E-state index contributed by atoms with van der Waals surface area (Å²) in [6.45, 7) is 2.11. The van der Waals surface area contributed by atoms with E-state index in [4.69, 9.17) is 0 Å². The Balaban J connectivity index is 2.30. The van der Waals surface area contributed by atoms with Gasteiger partial charge in [0.2, 0.25) is 10.0 Å². The van der Waals surface area contributed by atoms with Crippen LogP contribution in [0.15, 0.2) is 23.1 Å². The van der Waals surface area contributed by atoms with Gasteiger partial charge in [-0.25, -0.2) is 8.42 Å². The van der Waals surface area contributed by atoms with Crippen LogP contribution >= 0.6 is 0 Å². The van der Waals surface area contributed by atoms with Crippen molar-refractivity contribution in [3.63, 3.8) is 0 Å². The highest BCUT2D eigenvalue weighted by Gasteiger charge is 2.26. The van der Waals surface area contributed by atoms with Crippen LogP contribution < -0.4 is 5.32 Å². The quantitative estimate of drug-likeness (QED) is 0.888. The van der Waals surface area contributed by atoms with Gasteiger partial charge in [-0.3, -0.25) is 0 Å². The summed E-state index contributed by atoms with van der Waals surface area (Å²) in [7, 11) is 2.12. The van der Waals surface area contributed by atoms with Crippen molar-refractivity contribution in [3.8, 4) is 0 Å². The molecule has 0 radical (unpaired) electrons. The zero-order chi connectivity index (χ0) is 14.8. The predicted molar refractivity (Wildman–Crippen MR) is 81.6 cm³/mol. The van der Waals surface area contributed by atoms with Gasteiger partial charge in [-0.2, -0.15) is 4.31 Å². The van der Waals surface area contributed by atoms with Gasteiger partial charge in [-0.1, -0.05) is 6.07 Å². The smallest absolute Gasteiger partial charge is 0.243 e. The molecule has 1 aromatic rings. The lowest BCUT2D eigenvalue weighted by atomic mass is 10.0. The lowest BCUT2D eigenvalue weighted by Crippen LogP contribution is -2.34. The fourth-order valence-corrected chi connectivity index (χ4v) is 3.78. The standard InChI is InChI=1S/C14H23N3O2S/c1-16(2)10-11-17(3)20(18,19)14-8-4-7-13-12(14)6-5-9-15-13/h4,7-8,15H,5-6,9-11H2,1-3H3. The van der Waals surface area contributed by atoms with Gasteiger partial charge in [0.15, 0.2) is 0 Å². The Hall–Kier alpha value is -1.11. The maximum absolute atomic E-state index is 12.7. The summed E-state index contributed by atoms with van der Waals surface area (Å²) in [5, 5.41) is 3.27. The largest absolute Gasteiger partial charge is 0.385 e. The van der Waals surface area contributed by atoms with Crippen molar-refractivity contribution in [2.24, 2.45) is 0 Å². The van der Waals surface area contributed by atoms with Crippen molar-refractivity contribution in [1.82, 2.24) is 9.21 Å². The normalized spacial score (nSPS) is 15.2. The maximum atomic E-state index is 12.7. The van der Waals surface area contributed by atoms with Gasteiger partial charge in [0, 0.05) is 32.4 Å². The Morgan fingerprint density at radius 3 is 2.65 bits per heavy atom. The highest BCUT2D eigenvalue weighted by Crippen LogP contribution is 2.29. The van der Waals surface area contributed by atoms with Crippen LogP contribution in [0.5, 0.6) is 0 Å². The third kappa shape index (κ3) is 3.13. The molecule has 0 atom stereocenters. The van der Waals surface area contributed by atoms with Gasteiger partial charge in [-0.15, -0.1) is 0 Å². The van der Waals surface area contributed by atoms with Gasteiger partial charge in [-0.05, 0) is 44.6 Å². The van der Waals surface area contributed by atoms with Crippen LogP contribution in [0.1, 0.15) is 12.0 Å². The van der Waals surface area contributed by atoms with Crippen molar-refractivity contribution in [1.29, 1.82) is 0 Å². The third-order valence-electron chi connectivity index (χ3n) is 3.60. The third-order valence-corrected chi connectivity index (χ3v) is 5.54. The topological polar surface area (TPSA) is 52.7 Å². The van der Waals surface area contributed by atoms with Crippen LogP contribution in [0.3, 0.4) is 0 Å². The van der Waals surface area contributed by atoms with Gasteiger partial charge < -0.3 is 10.2 Å². The van der Waals surface area contributed by atoms with Crippen molar-refractivity contribution in [2.75, 3.05) is 46.1 Å². The molecule has 0 saturated carbocycles. The van der Waals surface area contributed by atoms with Crippen molar-refractivity contribution in [2.45, 2.75) is 17.7 Å². The average molecular weight is 297 g/mol. The Kier molecular flexibility index (Phi) is 4.67. The molecule has 1 aliphatic rings. The second-order valence-electron chi connectivity index (χ2n) is 5.44. The van der Waals surface area contributed by atoms with E-state index in [0.29, 0.717) is 18.0 Å². The molecule has 0 bridgehead atoms. The van der Waals surface area contributed by atoms with Crippen molar-refractivity contribution >= 4 is 15.7 Å². The van der Waals surface area contributed by atoms with Crippen LogP contribution in [0, 0.1) is 0 Å². The lowest BCUT2D eigenvalue weighted by molar-refractivity contribution is 0.358. The first-order valence-corrected chi connectivity index (χ1v) is 8.34. The molecule has 1 heterocycles. The molecule has 0 amide bonds. The minimum absolute atomic E-state index is 0.448. The minimum Gasteiger partial charge on any atom is -0.385 e. The maximum Gasteiger partial charge on any atom is 0.243 e. The summed E-state index contributed by atoms with van der Waals surface area (Å²) in [6, 6.07) is 5.48. The van der Waals surface area contributed by atoms with E-state index in [1.807, 2.05) is 31.1 Å². The second kappa shape index (κ2) is 6.11. The summed E-state index contributed by atoms with van der Waals surface area (Å²) < 4.78 is 26.8. The molecule has 0 aromatic heterocycles. The molecule has 1 aliphatic heterocycles. The van der Waals surface area contributed by atoms with E-state index in [1.165, 1.54) is 4.31 Å². The van der Waals surface area contributed by atoms with Crippen LogP contribution in [0.25, 0.3) is 0 Å². The van der Waals surface area contributed by atoms with E-state index in [0.717, 1.165) is 30.6 Å². The summed E-state index contributed by atoms with van der Waals surface area (Å²) in [6.07, 6.45) is 1.79. The van der Waals surface area contributed by atoms with Gasteiger partial charge in [0.05, 0.1) is 4.90 Å². The van der Waals surface area contributed by atoms with Gasteiger partial charge in [0.25, 0.3) is 0 Å². The highest BCUT2D eigenvalue weighted by molar-refractivity contribution is 7.89. The van der Waals surface area contributed by atoms with Crippen LogP contribution in [-0.2, 0) is 16.4 Å². The number of anilines is 1. The number of rotatable bonds is 5. The molecule has 1 aromatic carbocycles. The molecule has 0 spiro atoms. The van der Waals surface area contributed by atoms with E-state index < -0.39 is 10.0 Å².